The molecule has 32 heavy (non-hydrogen) atoms. The van der Waals surface area contributed by atoms with Gasteiger partial charge >= 0.3 is 0 Å². The van der Waals surface area contributed by atoms with Crippen LogP contribution in [0.1, 0.15) is 71.6 Å². The standard InChI is InChI=1S/C24H32N2O6/c1-13-6-8-16-18(10-13)23(31)25(21(16)29)12-26-22(30)17-9-7-15(11-19(17)24(26)32)20(28)5-3-4-14(2)27/h13,15-19H,3-12H2,1-2H3. The van der Waals surface area contributed by atoms with Gasteiger partial charge in [-0.25, -0.2) is 0 Å². The van der Waals surface area contributed by atoms with E-state index in [1.807, 2.05) is 0 Å². The van der Waals surface area contributed by atoms with E-state index in [1.54, 1.807) is 0 Å². The van der Waals surface area contributed by atoms with Crippen molar-refractivity contribution in [2.75, 3.05) is 6.67 Å². The summed E-state index contributed by atoms with van der Waals surface area (Å²) in [6.45, 7) is 3.28. The molecule has 2 aliphatic carbocycles. The summed E-state index contributed by atoms with van der Waals surface area (Å²) in [5.41, 5.74) is 0. The monoisotopic (exact) mass is 444 g/mol. The van der Waals surface area contributed by atoms with Crippen LogP contribution in [0.3, 0.4) is 0 Å². The Labute approximate surface area is 188 Å². The first-order valence-corrected chi connectivity index (χ1v) is 11.9. The molecule has 4 aliphatic rings. The third-order valence-corrected chi connectivity index (χ3v) is 7.99. The second kappa shape index (κ2) is 8.87. The molecule has 0 radical (unpaired) electrons. The Kier molecular flexibility index (Phi) is 6.32. The van der Waals surface area contributed by atoms with E-state index in [2.05, 4.69) is 6.92 Å². The Balaban J connectivity index is 1.40. The molecule has 4 amide bonds. The zero-order chi connectivity index (χ0) is 23.2. The number of carbonyl (C=O) groups is 6. The number of imide groups is 2. The molecule has 2 saturated heterocycles. The van der Waals surface area contributed by atoms with Crippen LogP contribution in [0.2, 0.25) is 0 Å². The topological polar surface area (TPSA) is 109 Å². The van der Waals surface area contributed by atoms with Gasteiger partial charge in [0, 0.05) is 18.8 Å². The first kappa shape index (κ1) is 22.8. The van der Waals surface area contributed by atoms with E-state index in [1.165, 1.54) is 6.92 Å². The van der Waals surface area contributed by atoms with Crippen molar-refractivity contribution < 1.29 is 28.8 Å². The van der Waals surface area contributed by atoms with Gasteiger partial charge in [-0.1, -0.05) is 6.92 Å². The number of Topliss-reactive ketones (excluding diaryl/α,β-unsaturated/α-hetero) is 2. The van der Waals surface area contributed by atoms with Crippen LogP contribution < -0.4 is 0 Å². The van der Waals surface area contributed by atoms with Crippen molar-refractivity contribution in [3.8, 4) is 0 Å². The van der Waals surface area contributed by atoms with Crippen molar-refractivity contribution in [3.63, 3.8) is 0 Å². The lowest BCUT2D eigenvalue weighted by Gasteiger charge is -2.27. The first-order valence-electron chi connectivity index (χ1n) is 11.9. The summed E-state index contributed by atoms with van der Waals surface area (Å²) in [6, 6.07) is 0. The van der Waals surface area contributed by atoms with Crippen molar-refractivity contribution in [3.05, 3.63) is 0 Å². The second-order valence-electron chi connectivity index (χ2n) is 10.2. The smallest absolute Gasteiger partial charge is 0.234 e. The van der Waals surface area contributed by atoms with Gasteiger partial charge in [-0.15, -0.1) is 0 Å². The van der Waals surface area contributed by atoms with E-state index in [4.69, 9.17) is 0 Å². The number of amides is 4. The molecule has 8 nitrogen and oxygen atoms in total. The third kappa shape index (κ3) is 4.04. The second-order valence-corrected chi connectivity index (χ2v) is 10.2. The summed E-state index contributed by atoms with van der Waals surface area (Å²) in [4.78, 5) is 77.7. The Bertz CT molecular complexity index is 867. The van der Waals surface area contributed by atoms with Crippen LogP contribution in [0.4, 0.5) is 0 Å². The van der Waals surface area contributed by atoms with Gasteiger partial charge in [0.25, 0.3) is 0 Å². The van der Waals surface area contributed by atoms with Gasteiger partial charge in [0.2, 0.25) is 23.6 Å². The van der Waals surface area contributed by atoms with Crippen molar-refractivity contribution in [2.24, 2.45) is 35.5 Å². The normalized spacial score (nSPS) is 34.7. The van der Waals surface area contributed by atoms with Gasteiger partial charge in [0.15, 0.2) is 0 Å². The minimum Gasteiger partial charge on any atom is -0.300 e. The van der Waals surface area contributed by atoms with Crippen LogP contribution in [0.25, 0.3) is 0 Å². The molecule has 4 fully saturated rings. The van der Waals surface area contributed by atoms with Gasteiger partial charge in [0.05, 0.1) is 23.7 Å². The average Bonchev–Trinajstić information content (AvgIpc) is 3.13. The number of ketones is 2. The molecule has 2 aliphatic heterocycles. The number of rotatable bonds is 7. The molecule has 0 aromatic heterocycles. The van der Waals surface area contributed by atoms with Gasteiger partial charge in [-0.3, -0.25) is 33.8 Å². The minimum absolute atomic E-state index is 0.0477. The van der Waals surface area contributed by atoms with Crippen LogP contribution >= 0.6 is 0 Å². The number of nitrogens with zero attached hydrogens (tertiary/aromatic N) is 2. The number of fused-ring (bicyclic) bond motifs is 2. The fourth-order valence-electron chi connectivity index (χ4n) is 6.13. The highest BCUT2D eigenvalue weighted by atomic mass is 16.2. The van der Waals surface area contributed by atoms with Crippen molar-refractivity contribution in [1.29, 1.82) is 0 Å². The Morgan fingerprint density at radius 1 is 0.750 bits per heavy atom. The summed E-state index contributed by atoms with van der Waals surface area (Å²) in [5.74, 6) is -2.72. The summed E-state index contributed by atoms with van der Waals surface area (Å²) < 4.78 is 0. The van der Waals surface area contributed by atoms with Crippen molar-refractivity contribution >= 4 is 35.2 Å². The maximum Gasteiger partial charge on any atom is 0.234 e. The zero-order valence-electron chi connectivity index (χ0n) is 18.9. The highest BCUT2D eigenvalue weighted by Gasteiger charge is 2.54. The number of hydrogen-bond donors (Lipinski definition) is 0. The van der Waals surface area contributed by atoms with E-state index in [-0.39, 0.29) is 59.6 Å². The molecular formula is C24H32N2O6. The lowest BCUT2D eigenvalue weighted by atomic mass is 9.73. The van der Waals surface area contributed by atoms with Crippen LogP contribution in [-0.2, 0) is 28.8 Å². The molecular weight excluding hydrogens is 412 g/mol. The summed E-state index contributed by atoms with van der Waals surface area (Å²) in [6.07, 6.45) is 4.78. The number of carbonyl (C=O) groups excluding carboxylic acids is 6. The largest absolute Gasteiger partial charge is 0.300 e. The lowest BCUT2D eigenvalue weighted by molar-refractivity contribution is -0.149. The molecule has 6 unspecified atom stereocenters. The lowest BCUT2D eigenvalue weighted by Crippen LogP contribution is -2.45. The highest BCUT2D eigenvalue weighted by Crippen LogP contribution is 2.43. The molecule has 6 atom stereocenters. The van der Waals surface area contributed by atoms with Gasteiger partial charge in [-0.2, -0.15) is 0 Å². The van der Waals surface area contributed by atoms with E-state index in [0.717, 1.165) is 16.2 Å². The molecule has 2 saturated carbocycles. The Morgan fingerprint density at radius 3 is 1.88 bits per heavy atom. The molecule has 0 N–H and O–H groups in total. The third-order valence-electron chi connectivity index (χ3n) is 7.99. The summed E-state index contributed by atoms with van der Waals surface area (Å²) in [5, 5.41) is 0. The number of likely N-dealkylation sites (tertiary alicyclic amines) is 2. The van der Waals surface area contributed by atoms with Crippen LogP contribution in [0.15, 0.2) is 0 Å². The molecule has 0 bridgehead atoms. The Hall–Kier alpha value is -2.38. The highest BCUT2D eigenvalue weighted by molar-refractivity contribution is 6.08. The molecule has 0 aromatic carbocycles. The van der Waals surface area contributed by atoms with Gasteiger partial charge in [0.1, 0.15) is 18.2 Å². The van der Waals surface area contributed by atoms with E-state index in [9.17, 15) is 28.8 Å². The summed E-state index contributed by atoms with van der Waals surface area (Å²) >= 11 is 0. The van der Waals surface area contributed by atoms with Crippen molar-refractivity contribution in [1.82, 2.24) is 9.80 Å². The predicted molar refractivity (Wildman–Crippen MR) is 112 cm³/mol. The fraction of sp³-hybridized carbons (Fsp3) is 0.750. The molecule has 174 valence electrons. The first-order chi connectivity index (χ1) is 15.2. The quantitative estimate of drug-likeness (QED) is 0.556. The minimum atomic E-state index is -0.562. The molecule has 0 aromatic rings. The molecule has 4 rings (SSSR count). The fourth-order valence-corrected chi connectivity index (χ4v) is 6.13. The average molecular weight is 445 g/mol. The van der Waals surface area contributed by atoms with Crippen LogP contribution in [0, 0.1) is 35.5 Å². The SMILES string of the molecule is CC(=O)CCCC(=O)C1CCC2C(=O)N(CN3C(=O)C4CCC(C)CC4C3=O)C(=O)C2C1. The molecule has 0 spiro atoms. The van der Waals surface area contributed by atoms with Crippen LogP contribution in [0.5, 0.6) is 0 Å². The van der Waals surface area contributed by atoms with E-state index < -0.39 is 11.8 Å². The maximum absolute atomic E-state index is 13.1. The van der Waals surface area contributed by atoms with Crippen LogP contribution in [-0.4, -0.2) is 51.7 Å². The Morgan fingerprint density at radius 2 is 1.28 bits per heavy atom. The molecule has 2 heterocycles. The predicted octanol–water partition coefficient (Wildman–Crippen LogP) is 2.09. The van der Waals surface area contributed by atoms with Gasteiger partial charge < -0.3 is 4.79 Å². The van der Waals surface area contributed by atoms with Gasteiger partial charge in [-0.05, 0) is 57.8 Å². The maximum atomic E-state index is 13.1. The summed E-state index contributed by atoms with van der Waals surface area (Å²) in [7, 11) is 0. The molecule has 8 heteroatoms. The van der Waals surface area contributed by atoms with E-state index in [0.29, 0.717) is 57.3 Å². The van der Waals surface area contributed by atoms with E-state index >= 15 is 0 Å². The zero-order valence-corrected chi connectivity index (χ0v) is 18.9. The number of hydrogen-bond acceptors (Lipinski definition) is 6. The van der Waals surface area contributed by atoms with Crippen molar-refractivity contribution in [2.45, 2.75) is 71.6 Å².